The van der Waals surface area contributed by atoms with Crippen LogP contribution in [0.4, 0.5) is 4.79 Å². The van der Waals surface area contributed by atoms with E-state index < -0.39 is 11.1 Å². The van der Waals surface area contributed by atoms with Gasteiger partial charge in [0.25, 0.3) is 0 Å². The molecule has 1 aliphatic heterocycles. The van der Waals surface area contributed by atoms with E-state index in [2.05, 4.69) is 10.3 Å². The molecule has 0 atom stereocenters. The summed E-state index contributed by atoms with van der Waals surface area (Å²) < 4.78 is 7.12. The second-order valence-corrected chi connectivity index (χ2v) is 6.95. The summed E-state index contributed by atoms with van der Waals surface area (Å²) in [6.45, 7) is 8.33. The number of oxime groups is 1. The molecule has 1 amide bonds. The summed E-state index contributed by atoms with van der Waals surface area (Å²) >= 11 is 0. The van der Waals surface area contributed by atoms with Gasteiger partial charge in [-0.25, -0.2) is 4.79 Å². The van der Waals surface area contributed by atoms with Crippen molar-refractivity contribution in [1.29, 1.82) is 0 Å². The van der Waals surface area contributed by atoms with E-state index >= 15 is 0 Å². The predicted octanol–water partition coefficient (Wildman–Crippen LogP) is 1.66. The number of nitrogens with zero attached hydrogens (tertiary/aromatic N) is 4. The van der Waals surface area contributed by atoms with E-state index in [0.717, 1.165) is 5.56 Å². The van der Waals surface area contributed by atoms with Crippen molar-refractivity contribution >= 4 is 11.9 Å². The smallest absolute Gasteiger partial charge is 0.410 e. The summed E-state index contributed by atoms with van der Waals surface area (Å²) in [6.07, 6.45) is 4.25. The number of piperidine rings is 1. The van der Waals surface area contributed by atoms with E-state index in [9.17, 15) is 4.79 Å². The van der Waals surface area contributed by atoms with Gasteiger partial charge in [-0.3, -0.25) is 4.68 Å². The minimum absolute atomic E-state index is 0.101. The van der Waals surface area contributed by atoms with Crippen LogP contribution in [0.25, 0.3) is 0 Å². The van der Waals surface area contributed by atoms with Crippen LogP contribution in [0, 0.1) is 6.92 Å². The molecule has 0 saturated carbocycles. The van der Waals surface area contributed by atoms with Gasteiger partial charge in [-0.15, -0.1) is 0 Å². The number of rotatable bonds is 2. The number of amides is 1. The van der Waals surface area contributed by atoms with Crippen LogP contribution in [0.1, 0.15) is 39.2 Å². The van der Waals surface area contributed by atoms with Crippen molar-refractivity contribution in [3.05, 3.63) is 18.0 Å². The molecule has 0 aromatic carbocycles. The second-order valence-electron chi connectivity index (χ2n) is 6.95. The molecule has 0 bridgehead atoms. The Morgan fingerprint density at radius 2 is 2.04 bits per heavy atom. The molecular weight excluding hydrogens is 298 g/mol. The SMILES string of the molecule is Cc1cnn(C2(/C(N)=N/O)CCN(C(=O)OC(C)(C)C)CC2)c1. The van der Waals surface area contributed by atoms with E-state index in [1.165, 1.54) is 0 Å². The molecule has 1 saturated heterocycles. The highest BCUT2D eigenvalue weighted by Crippen LogP contribution is 2.31. The first-order valence-electron chi connectivity index (χ1n) is 7.66. The fourth-order valence-electron chi connectivity index (χ4n) is 2.73. The van der Waals surface area contributed by atoms with Crippen LogP contribution in [0.3, 0.4) is 0 Å². The number of amidine groups is 1. The Morgan fingerprint density at radius 3 is 2.48 bits per heavy atom. The summed E-state index contributed by atoms with van der Waals surface area (Å²) in [6, 6.07) is 0. The molecule has 8 nitrogen and oxygen atoms in total. The topological polar surface area (TPSA) is 106 Å². The Labute approximate surface area is 135 Å². The van der Waals surface area contributed by atoms with Gasteiger partial charge in [0.1, 0.15) is 11.1 Å². The lowest BCUT2D eigenvalue weighted by molar-refractivity contribution is 0.0154. The van der Waals surface area contributed by atoms with Crippen molar-refractivity contribution in [3.63, 3.8) is 0 Å². The molecule has 1 aromatic rings. The van der Waals surface area contributed by atoms with Gasteiger partial charge in [0, 0.05) is 19.3 Å². The van der Waals surface area contributed by atoms with Gasteiger partial charge in [-0.1, -0.05) is 5.16 Å². The zero-order chi connectivity index (χ0) is 17.3. The van der Waals surface area contributed by atoms with Crippen LogP contribution in [0.5, 0.6) is 0 Å². The Hall–Kier alpha value is -2.25. The third-order valence-electron chi connectivity index (χ3n) is 3.98. The van der Waals surface area contributed by atoms with E-state index in [4.69, 9.17) is 15.7 Å². The van der Waals surface area contributed by atoms with Gasteiger partial charge >= 0.3 is 6.09 Å². The first-order valence-corrected chi connectivity index (χ1v) is 7.66. The minimum Gasteiger partial charge on any atom is -0.444 e. The second kappa shape index (κ2) is 6.10. The normalized spacial score (nSPS) is 18.8. The molecule has 8 heteroatoms. The van der Waals surface area contributed by atoms with Crippen LogP contribution >= 0.6 is 0 Å². The zero-order valence-electron chi connectivity index (χ0n) is 14.1. The molecule has 2 rings (SSSR count). The zero-order valence-corrected chi connectivity index (χ0v) is 14.1. The Morgan fingerprint density at radius 1 is 1.43 bits per heavy atom. The lowest BCUT2D eigenvalue weighted by Gasteiger charge is -2.41. The van der Waals surface area contributed by atoms with Crippen LogP contribution in [0.2, 0.25) is 0 Å². The van der Waals surface area contributed by atoms with Crippen LogP contribution in [-0.2, 0) is 10.3 Å². The maximum atomic E-state index is 12.2. The number of likely N-dealkylation sites (tertiary alicyclic amines) is 1. The maximum Gasteiger partial charge on any atom is 0.410 e. The van der Waals surface area contributed by atoms with Crippen molar-refractivity contribution in [2.75, 3.05) is 13.1 Å². The summed E-state index contributed by atoms with van der Waals surface area (Å²) in [5, 5.41) is 16.7. The highest BCUT2D eigenvalue weighted by molar-refractivity contribution is 5.88. The van der Waals surface area contributed by atoms with Crippen molar-refractivity contribution in [2.24, 2.45) is 10.9 Å². The monoisotopic (exact) mass is 323 g/mol. The molecule has 1 fully saturated rings. The summed E-state index contributed by atoms with van der Waals surface area (Å²) in [5.74, 6) is 0.101. The van der Waals surface area contributed by atoms with Crippen molar-refractivity contribution in [1.82, 2.24) is 14.7 Å². The highest BCUT2D eigenvalue weighted by atomic mass is 16.6. The fourth-order valence-corrected chi connectivity index (χ4v) is 2.73. The van der Waals surface area contributed by atoms with Gasteiger partial charge in [0.15, 0.2) is 5.84 Å². The lowest BCUT2D eigenvalue weighted by Crippen LogP contribution is -2.55. The molecule has 23 heavy (non-hydrogen) atoms. The summed E-state index contributed by atoms with van der Waals surface area (Å²) in [7, 11) is 0. The molecule has 0 spiro atoms. The Bertz CT molecular complexity index is 594. The van der Waals surface area contributed by atoms with Gasteiger partial charge in [0.05, 0.1) is 6.20 Å². The molecular formula is C15H25N5O3. The van der Waals surface area contributed by atoms with Gasteiger partial charge < -0.3 is 20.6 Å². The van der Waals surface area contributed by atoms with Crippen LogP contribution in [-0.4, -0.2) is 50.5 Å². The quantitative estimate of drug-likeness (QED) is 0.373. The predicted molar refractivity (Wildman–Crippen MR) is 85.4 cm³/mol. The average molecular weight is 323 g/mol. The van der Waals surface area contributed by atoms with Crippen molar-refractivity contribution in [2.45, 2.75) is 51.7 Å². The lowest BCUT2D eigenvalue weighted by atomic mass is 9.86. The summed E-state index contributed by atoms with van der Waals surface area (Å²) in [5.41, 5.74) is 5.69. The first kappa shape index (κ1) is 17.1. The summed E-state index contributed by atoms with van der Waals surface area (Å²) in [4.78, 5) is 13.8. The van der Waals surface area contributed by atoms with E-state index in [1.807, 2.05) is 33.9 Å². The van der Waals surface area contributed by atoms with Crippen molar-refractivity contribution < 1.29 is 14.7 Å². The number of carbonyl (C=O) groups is 1. The standard InChI is InChI=1S/C15H25N5O3/c1-11-9-17-20(10-11)15(12(16)18-22)5-7-19(8-6-15)13(21)23-14(2,3)4/h9-10,22H,5-8H2,1-4H3,(H2,16,18). The fraction of sp³-hybridized carbons (Fsp3) is 0.667. The number of nitrogens with two attached hydrogens (primary N) is 1. The van der Waals surface area contributed by atoms with Crippen LogP contribution in [0.15, 0.2) is 17.5 Å². The van der Waals surface area contributed by atoms with E-state index in [1.54, 1.807) is 15.8 Å². The minimum atomic E-state index is -0.721. The molecule has 2 heterocycles. The van der Waals surface area contributed by atoms with E-state index in [0.29, 0.717) is 25.9 Å². The number of hydrogen-bond acceptors (Lipinski definition) is 5. The Kier molecular flexibility index (Phi) is 4.53. The maximum absolute atomic E-state index is 12.2. The number of aromatic nitrogens is 2. The molecule has 128 valence electrons. The molecule has 1 aliphatic rings. The molecule has 0 radical (unpaired) electrons. The Balaban J connectivity index is 2.16. The number of aryl methyl sites for hydroxylation is 1. The largest absolute Gasteiger partial charge is 0.444 e. The molecule has 0 unspecified atom stereocenters. The third kappa shape index (κ3) is 3.57. The van der Waals surface area contributed by atoms with Crippen LogP contribution < -0.4 is 5.73 Å². The average Bonchev–Trinajstić information content (AvgIpc) is 2.91. The number of ether oxygens (including phenoxy) is 1. The first-order chi connectivity index (χ1) is 10.7. The number of hydrogen-bond donors (Lipinski definition) is 2. The van der Waals surface area contributed by atoms with Gasteiger partial charge in [-0.2, -0.15) is 5.10 Å². The highest BCUT2D eigenvalue weighted by Gasteiger charge is 2.43. The van der Waals surface area contributed by atoms with Gasteiger partial charge in [0.2, 0.25) is 0 Å². The molecule has 3 N–H and O–H groups in total. The van der Waals surface area contributed by atoms with Gasteiger partial charge in [-0.05, 0) is 46.1 Å². The third-order valence-corrected chi connectivity index (χ3v) is 3.98. The molecule has 1 aromatic heterocycles. The number of carbonyl (C=O) groups excluding carboxylic acids is 1. The van der Waals surface area contributed by atoms with E-state index in [-0.39, 0.29) is 11.9 Å². The molecule has 0 aliphatic carbocycles. The van der Waals surface area contributed by atoms with Crippen molar-refractivity contribution in [3.8, 4) is 0 Å².